The molecule has 0 spiro atoms. The second kappa shape index (κ2) is 5.87. The lowest BCUT2D eigenvalue weighted by Gasteiger charge is -2.02. The summed E-state index contributed by atoms with van der Waals surface area (Å²) in [7, 11) is 1.96. The first-order valence-corrected chi connectivity index (χ1v) is 9.30. The van der Waals surface area contributed by atoms with Crippen LogP contribution in [0.1, 0.15) is 10.7 Å². The third-order valence-electron chi connectivity index (χ3n) is 3.55. The Morgan fingerprint density at radius 2 is 2.12 bits per heavy atom. The van der Waals surface area contributed by atoms with Crippen molar-refractivity contribution in [2.75, 3.05) is 0 Å². The minimum atomic E-state index is -0.156. The van der Waals surface area contributed by atoms with Crippen molar-refractivity contribution in [3.8, 4) is 0 Å². The first kappa shape index (κ1) is 15.6. The summed E-state index contributed by atoms with van der Waals surface area (Å²) in [5.74, 6) is 0.563. The molecule has 24 heavy (non-hydrogen) atoms. The maximum absolute atomic E-state index is 12.1. The van der Waals surface area contributed by atoms with Crippen LogP contribution < -0.4 is 5.56 Å². The highest BCUT2D eigenvalue weighted by molar-refractivity contribution is 7.98. The van der Waals surface area contributed by atoms with Gasteiger partial charge in [-0.15, -0.1) is 0 Å². The number of aromatic nitrogens is 5. The van der Waals surface area contributed by atoms with Gasteiger partial charge in [0, 0.05) is 23.9 Å². The van der Waals surface area contributed by atoms with Gasteiger partial charge in [0.2, 0.25) is 4.96 Å². The van der Waals surface area contributed by atoms with Crippen molar-refractivity contribution in [1.29, 1.82) is 0 Å². The second-order valence-electron chi connectivity index (χ2n) is 5.28. The summed E-state index contributed by atoms with van der Waals surface area (Å²) in [4.78, 5) is 21.8. The zero-order valence-electron chi connectivity index (χ0n) is 12.9. The number of nitrogens with zero attached hydrogens (tertiary/aromatic N) is 5. The van der Waals surface area contributed by atoms with Gasteiger partial charge in [-0.05, 0) is 25.1 Å². The van der Waals surface area contributed by atoms with E-state index in [1.165, 1.54) is 33.7 Å². The summed E-state index contributed by atoms with van der Waals surface area (Å²) in [6.07, 6.45) is 0. The van der Waals surface area contributed by atoms with Gasteiger partial charge in [0.25, 0.3) is 5.56 Å². The first-order valence-electron chi connectivity index (χ1n) is 7.12. The minimum Gasteiger partial charge on any atom is -0.322 e. The van der Waals surface area contributed by atoms with Gasteiger partial charge < -0.3 is 4.57 Å². The molecule has 3 heterocycles. The molecular formula is C15H12ClN5OS2. The van der Waals surface area contributed by atoms with Crippen LogP contribution in [0.25, 0.3) is 16.0 Å². The number of benzene rings is 1. The summed E-state index contributed by atoms with van der Waals surface area (Å²) in [5.41, 5.74) is 2.44. The first-order chi connectivity index (χ1) is 11.5. The summed E-state index contributed by atoms with van der Waals surface area (Å²) < 4.78 is 3.35. The lowest BCUT2D eigenvalue weighted by atomic mass is 10.3. The molecule has 0 aliphatic carbocycles. The van der Waals surface area contributed by atoms with Gasteiger partial charge in [0.15, 0.2) is 5.16 Å². The standard InChI is InChI=1S/C15H12ClN5OS2/c1-8-19-21-13(22)6-10(17-15(21)24-8)7-23-14-18-11-5-9(16)3-4-12(11)20(14)2/h3-6H,7H2,1-2H3. The van der Waals surface area contributed by atoms with Crippen molar-refractivity contribution in [1.82, 2.24) is 24.1 Å². The molecule has 122 valence electrons. The van der Waals surface area contributed by atoms with Crippen molar-refractivity contribution >= 4 is 50.7 Å². The highest BCUT2D eigenvalue weighted by atomic mass is 35.5. The molecule has 0 saturated carbocycles. The molecule has 0 aliphatic heterocycles. The molecule has 9 heteroatoms. The van der Waals surface area contributed by atoms with Crippen LogP contribution in [0.5, 0.6) is 0 Å². The Morgan fingerprint density at radius 1 is 1.29 bits per heavy atom. The molecule has 4 rings (SSSR count). The highest BCUT2D eigenvalue weighted by Crippen LogP contribution is 2.27. The Hall–Kier alpha value is -1.90. The van der Waals surface area contributed by atoms with E-state index >= 15 is 0 Å². The normalized spacial score (nSPS) is 11.6. The fourth-order valence-corrected chi connectivity index (χ4v) is 4.26. The SMILES string of the molecule is Cc1nn2c(=O)cc(CSc3nc4cc(Cl)ccc4n3C)nc2s1. The zero-order valence-corrected chi connectivity index (χ0v) is 15.2. The summed E-state index contributed by atoms with van der Waals surface area (Å²) in [6, 6.07) is 7.17. The van der Waals surface area contributed by atoms with Gasteiger partial charge in [-0.3, -0.25) is 4.79 Å². The minimum absolute atomic E-state index is 0.156. The molecule has 0 N–H and O–H groups in total. The van der Waals surface area contributed by atoms with E-state index in [2.05, 4.69) is 15.1 Å². The van der Waals surface area contributed by atoms with Crippen LogP contribution in [0.3, 0.4) is 0 Å². The average molecular weight is 378 g/mol. The Balaban J connectivity index is 1.65. The summed E-state index contributed by atoms with van der Waals surface area (Å²) >= 11 is 8.97. The molecule has 3 aromatic heterocycles. The zero-order chi connectivity index (χ0) is 16.8. The van der Waals surface area contributed by atoms with Crippen molar-refractivity contribution in [3.05, 3.63) is 50.3 Å². The number of imidazole rings is 1. The second-order valence-corrected chi connectivity index (χ2v) is 7.82. The molecule has 0 aliphatic rings. The van der Waals surface area contributed by atoms with Gasteiger partial charge in [0.1, 0.15) is 5.01 Å². The topological polar surface area (TPSA) is 65.1 Å². The fourth-order valence-electron chi connectivity index (χ4n) is 2.44. The van der Waals surface area contributed by atoms with Gasteiger partial charge in [-0.25, -0.2) is 9.97 Å². The number of hydrogen-bond acceptors (Lipinski definition) is 6. The maximum Gasteiger partial charge on any atom is 0.275 e. The van der Waals surface area contributed by atoms with Crippen LogP contribution in [0.2, 0.25) is 5.02 Å². The summed E-state index contributed by atoms with van der Waals surface area (Å²) in [6.45, 7) is 1.86. The maximum atomic E-state index is 12.1. The largest absolute Gasteiger partial charge is 0.322 e. The van der Waals surface area contributed by atoms with Crippen molar-refractivity contribution in [2.45, 2.75) is 17.8 Å². The van der Waals surface area contributed by atoms with Crippen molar-refractivity contribution in [3.63, 3.8) is 0 Å². The molecule has 0 amide bonds. The van der Waals surface area contributed by atoms with E-state index < -0.39 is 0 Å². The van der Waals surface area contributed by atoms with Crippen LogP contribution in [-0.2, 0) is 12.8 Å². The lowest BCUT2D eigenvalue weighted by Crippen LogP contribution is -2.15. The van der Waals surface area contributed by atoms with E-state index in [1.54, 1.807) is 0 Å². The predicted octanol–water partition coefficient (Wildman–Crippen LogP) is 3.29. The average Bonchev–Trinajstić information content (AvgIpc) is 3.05. The van der Waals surface area contributed by atoms with Crippen LogP contribution in [0.15, 0.2) is 34.2 Å². The van der Waals surface area contributed by atoms with Gasteiger partial charge >= 0.3 is 0 Å². The van der Waals surface area contributed by atoms with Crippen LogP contribution in [0.4, 0.5) is 0 Å². The Morgan fingerprint density at radius 3 is 2.96 bits per heavy atom. The highest BCUT2D eigenvalue weighted by Gasteiger charge is 2.11. The van der Waals surface area contributed by atoms with Crippen LogP contribution in [-0.4, -0.2) is 24.1 Å². The summed E-state index contributed by atoms with van der Waals surface area (Å²) in [5, 5.41) is 6.48. The van der Waals surface area contributed by atoms with E-state index in [4.69, 9.17) is 11.6 Å². The smallest absolute Gasteiger partial charge is 0.275 e. The number of aryl methyl sites for hydroxylation is 2. The third-order valence-corrected chi connectivity index (χ3v) is 5.67. The molecule has 0 radical (unpaired) electrons. The molecule has 0 fully saturated rings. The third kappa shape index (κ3) is 2.70. The van der Waals surface area contributed by atoms with Crippen LogP contribution in [0, 0.1) is 6.92 Å². The van der Waals surface area contributed by atoms with E-state index in [1.807, 2.05) is 36.7 Å². The van der Waals surface area contributed by atoms with Crippen molar-refractivity contribution < 1.29 is 0 Å². The van der Waals surface area contributed by atoms with Gasteiger partial charge in [0.05, 0.1) is 16.7 Å². The van der Waals surface area contributed by atoms with Crippen LogP contribution >= 0.6 is 34.7 Å². The molecule has 6 nitrogen and oxygen atoms in total. The number of fused-ring (bicyclic) bond motifs is 2. The molecule has 0 unspecified atom stereocenters. The molecule has 0 saturated heterocycles. The lowest BCUT2D eigenvalue weighted by molar-refractivity contribution is 0.814. The molecule has 1 aromatic carbocycles. The Kier molecular flexibility index (Phi) is 3.82. The molecule has 0 atom stereocenters. The van der Waals surface area contributed by atoms with E-state index in [9.17, 15) is 4.79 Å². The Bertz CT molecular complexity index is 1130. The molecule has 4 aromatic rings. The Labute approximate surface area is 150 Å². The molecule has 0 bridgehead atoms. The number of halogens is 1. The predicted molar refractivity (Wildman–Crippen MR) is 97.2 cm³/mol. The monoisotopic (exact) mass is 377 g/mol. The van der Waals surface area contributed by atoms with E-state index in [0.717, 1.165) is 26.9 Å². The number of rotatable bonds is 3. The van der Waals surface area contributed by atoms with Crippen molar-refractivity contribution in [2.24, 2.45) is 7.05 Å². The quantitative estimate of drug-likeness (QED) is 0.512. The van der Waals surface area contributed by atoms with E-state index in [0.29, 0.717) is 15.7 Å². The van der Waals surface area contributed by atoms with Gasteiger partial charge in [-0.2, -0.15) is 9.61 Å². The molecular weight excluding hydrogens is 366 g/mol. The number of hydrogen-bond donors (Lipinski definition) is 0. The fraction of sp³-hybridized carbons (Fsp3) is 0.200. The van der Waals surface area contributed by atoms with Gasteiger partial charge in [-0.1, -0.05) is 34.7 Å². The number of thioether (sulfide) groups is 1. The van der Waals surface area contributed by atoms with E-state index in [-0.39, 0.29) is 5.56 Å².